The van der Waals surface area contributed by atoms with E-state index in [2.05, 4.69) is 18.7 Å². The Balaban J connectivity index is 1.97. The van der Waals surface area contributed by atoms with Gasteiger partial charge in [0.2, 0.25) is 5.88 Å². The predicted molar refractivity (Wildman–Crippen MR) is 132 cm³/mol. The first kappa shape index (κ1) is 25.9. The van der Waals surface area contributed by atoms with Crippen LogP contribution in [0.5, 0.6) is 11.6 Å². The lowest BCUT2D eigenvalue weighted by molar-refractivity contribution is -0.0109. The number of nitrogens with zero attached hydrogens (tertiary/aromatic N) is 3. The average Bonchev–Trinajstić information content (AvgIpc) is 3.09. The molecule has 1 N–H and O–H groups in total. The molecule has 184 valence electrons. The van der Waals surface area contributed by atoms with Gasteiger partial charge in [-0.3, -0.25) is 4.90 Å². The van der Waals surface area contributed by atoms with Crippen molar-refractivity contribution < 1.29 is 19.0 Å². The maximum Gasteiger partial charge on any atom is 0.222 e. The highest BCUT2D eigenvalue weighted by Crippen LogP contribution is 2.35. The zero-order valence-corrected chi connectivity index (χ0v) is 20.7. The molecule has 3 aromatic rings. The number of halogens is 1. The number of aliphatic hydroxyl groups excluding tert-OH is 1. The van der Waals surface area contributed by atoms with Gasteiger partial charge in [-0.1, -0.05) is 56.3 Å². The van der Waals surface area contributed by atoms with E-state index in [4.69, 9.17) is 14.6 Å². The second-order valence-corrected chi connectivity index (χ2v) is 9.28. The molecule has 0 spiro atoms. The van der Waals surface area contributed by atoms with Gasteiger partial charge in [0, 0.05) is 32.2 Å². The van der Waals surface area contributed by atoms with Crippen LogP contribution in [0, 0.1) is 11.7 Å². The van der Waals surface area contributed by atoms with E-state index in [1.807, 2.05) is 44.2 Å². The third kappa shape index (κ3) is 7.13. The zero-order valence-electron chi connectivity index (χ0n) is 20.7. The Morgan fingerprint density at radius 1 is 1.00 bits per heavy atom. The molecule has 0 fully saturated rings. The number of aromatic nitrogens is 2. The smallest absolute Gasteiger partial charge is 0.222 e. The maximum absolute atomic E-state index is 14.4. The fourth-order valence-corrected chi connectivity index (χ4v) is 3.88. The second-order valence-electron chi connectivity index (χ2n) is 9.28. The van der Waals surface area contributed by atoms with Crippen molar-refractivity contribution in [1.82, 2.24) is 14.7 Å². The van der Waals surface area contributed by atoms with Crippen LogP contribution in [0.1, 0.15) is 33.3 Å². The Morgan fingerprint density at radius 2 is 1.68 bits per heavy atom. The molecule has 0 aliphatic rings. The van der Waals surface area contributed by atoms with Crippen molar-refractivity contribution in [2.24, 2.45) is 13.0 Å². The third-order valence-corrected chi connectivity index (χ3v) is 5.27. The van der Waals surface area contributed by atoms with Gasteiger partial charge in [-0.05, 0) is 31.9 Å². The summed E-state index contributed by atoms with van der Waals surface area (Å²) in [6.07, 6.45) is -0.578. The van der Waals surface area contributed by atoms with Gasteiger partial charge in [0.05, 0.1) is 24.4 Å². The summed E-state index contributed by atoms with van der Waals surface area (Å²) < 4.78 is 27.7. The topological polar surface area (TPSA) is 59.8 Å². The molecule has 34 heavy (non-hydrogen) atoms. The summed E-state index contributed by atoms with van der Waals surface area (Å²) in [5.41, 5.74) is 2.57. The van der Waals surface area contributed by atoms with Crippen molar-refractivity contribution in [2.75, 3.05) is 19.7 Å². The minimum Gasteiger partial charge on any atom is -0.436 e. The van der Waals surface area contributed by atoms with Gasteiger partial charge in [-0.25, -0.2) is 9.07 Å². The van der Waals surface area contributed by atoms with Crippen LogP contribution in [0.4, 0.5) is 4.39 Å². The number of hydrogen-bond acceptors (Lipinski definition) is 5. The quantitative estimate of drug-likeness (QED) is 0.392. The van der Waals surface area contributed by atoms with Crippen molar-refractivity contribution in [3.8, 4) is 22.9 Å². The summed E-state index contributed by atoms with van der Waals surface area (Å²) in [5.74, 6) is 0.569. The summed E-state index contributed by atoms with van der Waals surface area (Å²) in [6.45, 7) is 10.1. The van der Waals surface area contributed by atoms with Crippen LogP contribution in [0.3, 0.4) is 0 Å². The molecule has 1 heterocycles. The van der Waals surface area contributed by atoms with E-state index in [9.17, 15) is 9.50 Å². The first-order valence-corrected chi connectivity index (χ1v) is 11.8. The molecule has 0 bridgehead atoms. The van der Waals surface area contributed by atoms with E-state index in [-0.39, 0.29) is 18.5 Å². The molecule has 0 saturated carbocycles. The number of benzene rings is 2. The van der Waals surface area contributed by atoms with E-state index in [0.29, 0.717) is 24.9 Å². The molecule has 2 aromatic carbocycles. The molecule has 1 aromatic heterocycles. The summed E-state index contributed by atoms with van der Waals surface area (Å²) in [5, 5.41) is 15.4. The standard InChI is InChI=1S/C27H36FN3O3/c1-19(2)15-31(16-22(32)18-33-20(3)4)17-23-26(21-11-7-6-8-12-21)29-30(5)27(23)34-25-14-10-9-13-24(25)28/h6-14,19-20,22,32H,15-18H2,1-5H3/t22-/m1/s1. The fraction of sp³-hybridized carbons (Fsp3) is 0.444. The summed E-state index contributed by atoms with van der Waals surface area (Å²) in [7, 11) is 1.80. The Morgan fingerprint density at radius 3 is 2.32 bits per heavy atom. The van der Waals surface area contributed by atoms with Crippen LogP contribution in [0.15, 0.2) is 54.6 Å². The largest absolute Gasteiger partial charge is 0.436 e. The van der Waals surface area contributed by atoms with Gasteiger partial charge in [0.15, 0.2) is 11.6 Å². The molecule has 0 radical (unpaired) electrons. The highest BCUT2D eigenvalue weighted by Gasteiger charge is 2.24. The average molecular weight is 470 g/mol. The van der Waals surface area contributed by atoms with E-state index in [1.54, 1.807) is 29.9 Å². The van der Waals surface area contributed by atoms with Crippen molar-refractivity contribution in [1.29, 1.82) is 0 Å². The van der Waals surface area contributed by atoms with Crippen molar-refractivity contribution in [3.05, 3.63) is 66.0 Å². The summed E-state index contributed by atoms with van der Waals surface area (Å²) in [4.78, 5) is 2.18. The Labute approximate surface area is 201 Å². The first-order valence-electron chi connectivity index (χ1n) is 11.8. The number of hydrogen-bond donors (Lipinski definition) is 1. The number of rotatable bonds is 12. The Hall–Kier alpha value is -2.74. The van der Waals surface area contributed by atoms with Crippen molar-refractivity contribution in [2.45, 2.75) is 46.4 Å². The molecule has 1 atom stereocenters. The third-order valence-electron chi connectivity index (χ3n) is 5.27. The first-order chi connectivity index (χ1) is 16.2. The Kier molecular flexibility index (Phi) is 9.21. The lowest BCUT2D eigenvalue weighted by Gasteiger charge is -2.27. The van der Waals surface area contributed by atoms with Crippen LogP contribution >= 0.6 is 0 Å². The lowest BCUT2D eigenvalue weighted by atomic mass is 10.1. The van der Waals surface area contributed by atoms with Gasteiger partial charge in [-0.2, -0.15) is 5.10 Å². The molecule has 0 aliphatic heterocycles. The predicted octanol–water partition coefficient (Wildman–Crippen LogP) is 5.26. The molecule has 7 heteroatoms. The molecule has 0 aliphatic carbocycles. The lowest BCUT2D eigenvalue weighted by Crippen LogP contribution is -2.37. The molecular formula is C27H36FN3O3. The molecule has 0 saturated heterocycles. The van der Waals surface area contributed by atoms with E-state index >= 15 is 0 Å². The van der Waals surface area contributed by atoms with E-state index in [0.717, 1.165) is 23.4 Å². The van der Waals surface area contributed by atoms with Gasteiger partial charge < -0.3 is 14.6 Å². The van der Waals surface area contributed by atoms with E-state index < -0.39 is 11.9 Å². The SMILES string of the molecule is CC(C)CN(Cc1c(-c2ccccc2)nn(C)c1Oc1ccccc1F)C[C@@H](O)COC(C)C. The number of aliphatic hydroxyl groups is 1. The number of aryl methyl sites for hydroxylation is 1. The monoisotopic (exact) mass is 469 g/mol. The van der Waals surface area contributed by atoms with Crippen LogP contribution in [-0.2, 0) is 18.3 Å². The van der Waals surface area contributed by atoms with Crippen molar-refractivity contribution in [3.63, 3.8) is 0 Å². The van der Waals surface area contributed by atoms with Crippen LogP contribution in [0.25, 0.3) is 11.3 Å². The van der Waals surface area contributed by atoms with Crippen LogP contribution < -0.4 is 4.74 Å². The molecular weight excluding hydrogens is 433 g/mol. The van der Waals surface area contributed by atoms with E-state index in [1.165, 1.54) is 6.07 Å². The van der Waals surface area contributed by atoms with Gasteiger partial charge in [0.25, 0.3) is 0 Å². The van der Waals surface area contributed by atoms with Crippen LogP contribution in [0.2, 0.25) is 0 Å². The Bertz CT molecular complexity index is 1040. The second kappa shape index (κ2) is 12.1. The molecule has 0 amide bonds. The van der Waals surface area contributed by atoms with Gasteiger partial charge in [0.1, 0.15) is 5.69 Å². The molecule has 0 unspecified atom stereocenters. The normalized spacial score (nSPS) is 12.6. The number of para-hydroxylation sites is 1. The zero-order chi connectivity index (χ0) is 24.7. The van der Waals surface area contributed by atoms with Gasteiger partial charge >= 0.3 is 0 Å². The summed E-state index contributed by atoms with van der Waals surface area (Å²) in [6, 6.07) is 16.2. The summed E-state index contributed by atoms with van der Waals surface area (Å²) >= 11 is 0. The highest BCUT2D eigenvalue weighted by atomic mass is 19.1. The molecule has 3 rings (SSSR count). The number of ether oxygens (including phenoxy) is 2. The van der Waals surface area contributed by atoms with Gasteiger partial charge in [-0.15, -0.1) is 0 Å². The minimum absolute atomic E-state index is 0.0528. The molecule has 6 nitrogen and oxygen atoms in total. The van der Waals surface area contributed by atoms with Crippen LogP contribution in [-0.4, -0.2) is 51.7 Å². The fourth-order valence-electron chi connectivity index (χ4n) is 3.88. The maximum atomic E-state index is 14.4. The van der Waals surface area contributed by atoms with Crippen molar-refractivity contribution >= 4 is 0 Å². The highest BCUT2D eigenvalue weighted by molar-refractivity contribution is 5.65. The minimum atomic E-state index is -0.631.